The number of hydrogen-bond acceptors (Lipinski definition) is 9. The molecule has 1 unspecified atom stereocenters. The number of para-hydroxylation sites is 1. The number of carbonyl (C=O) groups is 1. The van der Waals surface area contributed by atoms with Crippen molar-refractivity contribution < 1.29 is 19.1 Å². The van der Waals surface area contributed by atoms with Crippen molar-refractivity contribution in [1.29, 1.82) is 0 Å². The molecule has 10 heteroatoms. The highest BCUT2D eigenvalue weighted by molar-refractivity contribution is 5.92. The van der Waals surface area contributed by atoms with Gasteiger partial charge in [-0.25, -0.2) is 4.98 Å². The average Bonchev–Trinajstić information content (AvgIpc) is 3.39. The number of aliphatic hydroxyl groups excluding tert-OH is 1. The Kier molecular flexibility index (Phi) is 8.50. The molecule has 3 fully saturated rings. The molecule has 4 heterocycles. The van der Waals surface area contributed by atoms with Gasteiger partial charge >= 0.3 is 0 Å². The van der Waals surface area contributed by atoms with E-state index in [2.05, 4.69) is 36.7 Å². The van der Waals surface area contributed by atoms with Crippen LogP contribution in [-0.4, -0.2) is 133 Å². The maximum atomic E-state index is 13.0. The Bertz CT molecular complexity index is 950. The second-order valence-electron chi connectivity index (χ2n) is 9.88. The second-order valence-corrected chi connectivity index (χ2v) is 9.88. The highest BCUT2D eigenvalue weighted by atomic mass is 16.5. The molecular formula is C26H38N6O4. The Balaban J connectivity index is 1.03. The van der Waals surface area contributed by atoms with Gasteiger partial charge in [0.15, 0.2) is 5.69 Å². The van der Waals surface area contributed by atoms with Crippen molar-refractivity contribution in [2.24, 2.45) is 0 Å². The number of ether oxygens (including phenoxy) is 1. The summed E-state index contributed by atoms with van der Waals surface area (Å²) in [5.41, 5.74) is 1.59. The van der Waals surface area contributed by atoms with E-state index in [0.29, 0.717) is 44.3 Å². The van der Waals surface area contributed by atoms with Gasteiger partial charge in [-0.3, -0.25) is 19.5 Å². The number of β-amino-alcohol motifs (C(OH)–C–C–N with tert-alkyl or cyclic N) is 1. The van der Waals surface area contributed by atoms with Crippen LogP contribution >= 0.6 is 0 Å². The zero-order valence-electron chi connectivity index (χ0n) is 21.0. The Hall–Kier alpha value is -2.50. The lowest BCUT2D eigenvalue weighted by Crippen LogP contribution is -2.50. The number of aliphatic hydroxyl groups is 1. The van der Waals surface area contributed by atoms with E-state index >= 15 is 0 Å². The molecule has 2 aromatic rings. The van der Waals surface area contributed by atoms with Crippen molar-refractivity contribution in [2.45, 2.75) is 12.6 Å². The van der Waals surface area contributed by atoms with Crippen molar-refractivity contribution in [3.63, 3.8) is 0 Å². The molecule has 10 nitrogen and oxygen atoms in total. The first-order chi connectivity index (χ1) is 17.6. The van der Waals surface area contributed by atoms with Crippen LogP contribution in [0.3, 0.4) is 0 Å². The summed E-state index contributed by atoms with van der Waals surface area (Å²) in [5, 5.41) is 10.5. The van der Waals surface area contributed by atoms with Crippen LogP contribution in [0, 0.1) is 0 Å². The first kappa shape index (κ1) is 25.2. The molecule has 0 spiro atoms. The Labute approximate surface area is 213 Å². The molecule has 3 saturated heterocycles. The van der Waals surface area contributed by atoms with E-state index in [-0.39, 0.29) is 12.0 Å². The maximum absolute atomic E-state index is 13.0. The summed E-state index contributed by atoms with van der Waals surface area (Å²) in [5.74, 6) is 0.527. The van der Waals surface area contributed by atoms with Crippen LogP contribution in [0.1, 0.15) is 16.4 Å². The standard InChI is InChI=1S/C26H38N6O4/c33-23(19-30-14-16-35-17-15-30)18-28-6-8-29(9-7-28)20-25-27-24(21-36-25)26(34)32-12-10-31(11-13-32)22-4-2-1-3-5-22/h1-5,21,23,33H,6-20H2. The summed E-state index contributed by atoms with van der Waals surface area (Å²) < 4.78 is 11.0. The fourth-order valence-corrected chi connectivity index (χ4v) is 5.21. The number of amides is 1. The minimum absolute atomic E-state index is 0.0585. The molecule has 5 rings (SSSR count). The van der Waals surface area contributed by atoms with Crippen LogP contribution in [-0.2, 0) is 11.3 Å². The fraction of sp³-hybridized carbons (Fsp3) is 0.615. The third kappa shape index (κ3) is 6.63. The van der Waals surface area contributed by atoms with E-state index in [1.807, 2.05) is 23.1 Å². The van der Waals surface area contributed by atoms with Gasteiger partial charge in [0.2, 0.25) is 5.89 Å². The van der Waals surface area contributed by atoms with Gasteiger partial charge in [-0.05, 0) is 12.1 Å². The van der Waals surface area contributed by atoms with Gasteiger partial charge in [0.25, 0.3) is 5.91 Å². The molecule has 0 saturated carbocycles. The van der Waals surface area contributed by atoms with E-state index in [4.69, 9.17) is 9.15 Å². The van der Waals surface area contributed by atoms with Gasteiger partial charge in [0, 0.05) is 84.2 Å². The number of oxazole rings is 1. The summed E-state index contributed by atoms with van der Waals surface area (Å²) in [7, 11) is 0. The molecule has 0 bridgehead atoms. The van der Waals surface area contributed by atoms with Crippen LogP contribution in [0.2, 0.25) is 0 Å². The topological polar surface area (TPSA) is 88.8 Å². The van der Waals surface area contributed by atoms with Crippen molar-refractivity contribution in [3.05, 3.63) is 48.2 Å². The number of anilines is 1. The smallest absolute Gasteiger partial charge is 0.275 e. The van der Waals surface area contributed by atoms with Gasteiger partial charge in [0.05, 0.1) is 25.9 Å². The number of hydrogen-bond donors (Lipinski definition) is 1. The Morgan fingerprint density at radius 3 is 2.19 bits per heavy atom. The Morgan fingerprint density at radius 2 is 1.50 bits per heavy atom. The lowest BCUT2D eigenvalue weighted by Gasteiger charge is -2.36. The molecule has 3 aliphatic heterocycles. The van der Waals surface area contributed by atoms with Crippen molar-refractivity contribution in [3.8, 4) is 0 Å². The molecule has 0 aliphatic carbocycles. The largest absolute Gasteiger partial charge is 0.447 e. The van der Waals surface area contributed by atoms with Gasteiger partial charge in [-0.15, -0.1) is 0 Å². The summed E-state index contributed by atoms with van der Waals surface area (Å²) >= 11 is 0. The highest BCUT2D eigenvalue weighted by Crippen LogP contribution is 2.17. The van der Waals surface area contributed by atoms with Crippen LogP contribution in [0.4, 0.5) is 5.69 Å². The van der Waals surface area contributed by atoms with E-state index in [0.717, 1.165) is 65.6 Å². The molecule has 0 radical (unpaired) electrons. The third-order valence-electron chi connectivity index (χ3n) is 7.32. The number of morpholine rings is 1. The number of benzene rings is 1. The molecule has 1 aromatic heterocycles. The zero-order valence-corrected chi connectivity index (χ0v) is 21.0. The lowest BCUT2D eigenvalue weighted by molar-refractivity contribution is 0.00187. The lowest BCUT2D eigenvalue weighted by atomic mass is 10.2. The SMILES string of the molecule is O=C(c1coc(CN2CCN(CC(O)CN3CCOCC3)CC2)n1)N1CCN(c2ccccc2)CC1. The van der Waals surface area contributed by atoms with Crippen LogP contribution in [0.5, 0.6) is 0 Å². The fourth-order valence-electron chi connectivity index (χ4n) is 5.21. The summed E-state index contributed by atoms with van der Waals surface area (Å²) in [4.78, 5) is 28.5. The molecule has 1 atom stereocenters. The third-order valence-corrected chi connectivity index (χ3v) is 7.32. The highest BCUT2D eigenvalue weighted by Gasteiger charge is 2.26. The first-order valence-electron chi connectivity index (χ1n) is 13.1. The monoisotopic (exact) mass is 498 g/mol. The molecule has 1 N–H and O–H groups in total. The summed E-state index contributed by atoms with van der Waals surface area (Å²) in [6.07, 6.45) is 1.16. The predicted octanol–water partition coefficient (Wildman–Crippen LogP) is 0.448. The van der Waals surface area contributed by atoms with Gasteiger partial charge in [0.1, 0.15) is 6.26 Å². The van der Waals surface area contributed by atoms with Crippen molar-refractivity contribution >= 4 is 11.6 Å². The molecule has 3 aliphatic rings. The quantitative estimate of drug-likeness (QED) is 0.557. The first-order valence-corrected chi connectivity index (χ1v) is 13.1. The van der Waals surface area contributed by atoms with Gasteiger partial charge < -0.3 is 24.1 Å². The van der Waals surface area contributed by atoms with Crippen molar-refractivity contribution in [2.75, 3.05) is 96.7 Å². The predicted molar refractivity (Wildman–Crippen MR) is 136 cm³/mol. The molecule has 36 heavy (non-hydrogen) atoms. The molecule has 1 aromatic carbocycles. The van der Waals surface area contributed by atoms with Crippen LogP contribution in [0.15, 0.2) is 41.0 Å². The minimum Gasteiger partial charge on any atom is -0.447 e. The summed E-state index contributed by atoms with van der Waals surface area (Å²) in [6.45, 7) is 11.9. The number of aromatic nitrogens is 1. The van der Waals surface area contributed by atoms with E-state index in [1.54, 1.807) is 0 Å². The molecular weight excluding hydrogens is 460 g/mol. The second kappa shape index (κ2) is 12.2. The maximum Gasteiger partial charge on any atom is 0.275 e. The van der Waals surface area contributed by atoms with Crippen molar-refractivity contribution in [1.82, 2.24) is 24.6 Å². The van der Waals surface area contributed by atoms with E-state index in [9.17, 15) is 9.90 Å². The Morgan fingerprint density at radius 1 is 0.861 bits per heavy atom. The van der Waals surface area contributed by atoms with E-state index < -0.39 is 0 Å². The van der Waals surface area contributed by atoms with Crippen LogP contribution in [0.25, 0.3) is 0 Å². The summed E-state index contributed by atoms with van der Waals surface area (Å²) in [6, 6.07) is 10.3. The van der Waals surface area contributed by atoms with E-state index in [1.165, 1.54) is 12.0 Å². The molecule has 196 valence electrons. The number of nitrogens with zero attached hydrogens (tertiary/aromatic N) is 6. The van der Waals surface area contributed by atoms with Gasteiger partial charge in [-0.1, -0.05) is 18.2 Å². The number of piperazine rings is 2. The normalized spacial score (nSPS) is 21.6. The zero-order chi connectivity index (χ0) is 24.7. The average molecular weight is 499 g/mol. The van der Waals surface area contributed by atoms with Gasteiger partial charge in [-0.2, -0.15) is 0 Å². The number of carbonyl (C=O) groups excluding carboxylic acids is 1. The number of rotatable bonds is 8. The molecule has 1 amide bonds. The minimum atomic E-state index is -0.343. The van der Waals surface area contributed by atoms with Crippen LogP contribution < -0.4 is 4.90 Å².